The summed E-state index contributed by atoms with van der Waals surface area (Å²) in [4.78, 5) is 16.5. The summed E-state index contributed by atoms with van der Waals surface area (Å²) in [5.74, 6) is -0.352. The maximum atomic E-state index is 12.2. The van der Waals surface area contributed by atoms with Gasteiger partial charge in [-0.2, -0.15) is 0 Å². The highest BCUT2D eigenvalue weighted by molar-refractivity contribution is 5.86. The van der Waals surface area contributed by atoms with Crippen LogP contribution >= 0.6 is 0 Å². The van der Waals surface area contributed by atoms with Crippen LogP contribution in [0.25, 0.3) is 0 Å². The zero-order valence-corrected chi connectivity index (χ0v) is 10.3. The summed E-state index contributed by atoms with van der Waals surface area (Å²) in [6, 6.07) is 15.3. The smallest absolute Gasteiger partial charge is 0.233 e. The van der Waals surface area contributed by atoms with Gasteiger partial charge >= 0.3 is 0 Å². The maximum Gasteiger partial charge on any atom is 0.233 e. The van der Waals surface area contributed by atoms with Crippen LogP contribution in [0.3, 0.4) is 0 Å². The number of aromatic nitrogens is 1. The van der Waals surface area contributed by atoms with E-state index in [2.05, 4.69) is 10.3 Å². The Morgan fingerprint density at radius 3 is 2.50 bits per heavy atom. The van der Waals surface area contributed by atoms with Crippen molar-refractivity contribution >= 4 is 5.91 Å². The van der Waals surface area contributed by atoms with E-state index in [1.165, 1.54) is 0 Å². The first kappa shape index (κ1) is 12.3. The molecule has 1 aromatic carbocycles. The number of nitrogens with zero attached hydrogens (tertiary/aromatic N) is 1. The molecule has 0 aliphatic carbocycles. The van der Waals surface area contributed by atoms with Crippen LogP contribution in [-0.2, 0) is 4.79 Å². The van der Waals surface area contributed by atoms with Gasteiger partial charge in [0.05, 0.1) is 5.69 Å². The Hall–Kier alpha value is -2.16. The molecule has 1 atom stereocenters. The molecule has 0 aliphatic rings. The van der Waals surface area contributed by atoms with Crippen molar-refractivity contribution in [3.05, 3.63) is 66.0 Å². The van der Waals surface area contributed by atoms with Crippen molar-refractivity contribution in [1.29, 1.82) is 0 Å². The predicted molar refractivity (Wildman–Crippen MR) is 71.2 cm³/mol. The zero-order valence-electron chi connectivity index (χ0n) is 10.3. The standard InChI is InChI=1S/C15H16N2O/c1-2-16-15(18)14(12-8-4-3-5-9-12)13-10-6-7-11-17-13/h3-11,14H,2H2,1H3,(H,16,18). The molecule has 1 aromatic heterocycles. The number of rotatable bonds is 4. The van der Waals surface area contributed by atoms with E-state index in [1.807, 2.05) is 55.5 Å². The van der Waals surface area contributed by atoms with Crippen LogP contribution in [0.5, 0.6) is 0 Å². The minimum Gasteiger partial charge on any atom is -0.356 e. The first-order valence-electron chi connectivity index (χ1n) is 6.06. The second kappa shape index (κ2) is 5.96. The second-order valence-electron chi connectivity index (χ2n) is 3.99. The molecule has 0 bridgehead atoms. The van der Waals surface area contributed by atoms with Crippen LogP contribution in [-0.4, -0.2) is 17.4 Å². The SMILES string of the molecule is CCNC(=O)C(c1ccccc1)c1ccccn1. The number of hydrogen-bond acceptors (Lipinski definition) is 2. The van der Waals surface area contributed by atoms with E-state index in [1.54, 1.807) is 6.20 Å². The third-order valence-electron chi connectivity index (χ3n) is 2.73. The highest BCUT2D eigenvalue weighted by atomic mass is 16.1. The lowest BCUT2D eigenvalue weighted by Gasteiger charge is -2.16. The number of carbonyl (C=O) groups excluding carboxylic acids is 1. The largest absolute Gasteiger partial charge is 0.356 e. The summed E-state index contributed by atoms with van der Waals surface area (Å²) in [5, 5.41) is 2.86. The van der Waals surface area contributed by atoms with E-state index in [9.17, 15) is 4.79 Å². The van der Waals surface area contributed by atoms with Crippen molar-refractivity contribution in [3.8, 4) is 0 Å². The Kier molecular flexibility index (Phi) is 4.07. The normalized spacial score (nSPS) is 11.8. The lowest BCUT2D eigenvalue weighted by Crippen LogP contribution is -2.30. The monoisotopic (exact) mass is 240 g/mol. The Balaban J connectivity index is 2.38. The number of hydrogen-bond donors (Lipinski definition) is 1. The molecule has 3 heteroatoms. The minimum absolute atomic E-state index is 0.0117. The van der Waals surface area contributed by atoms with Crippen LogP contribution < -0.4 is 5.32 Å². The molecule has 92 valence electrons. The quantitative estimate of drug-likeness (QED) is 0.891. The van der Waals surface area contributed by atoms with Gasteiger partial charge < -0.3 is 5.32 Å². The average Bonchev–Trinajstić information content (AvgIpc) is 2.42. The molecule has 0 spiro atoms. The van der Waals surface area contributed by atoms with Crippen molar-refractivity contribution < 1.29 is 4.79 Å². The number of likely N-dealkylation sites (N-methyl/N-ethyl adjacent to an activating group) is 1. The minimum atomic E-state index is -0.340. The Morgan fingerprint density at radius 2 is 1.89 bits per heavy atom. The highest BCUT2D eigenvalue weighted by Gasteiger charge is 2.22. The van der Waals surface area contributed by atoms with E-state index in [0.29, 0.717) is 6.54 Å². The maximum absolute atomic E-state index is 12.2. The highest BCUT2D eigenvalue weighted by Crippen LogP contribution is 2.22. The summed E-state index contributed by atoms with van der Waals surface area (Å²) in [6.45, 7) is 2.54. The van der Waals surface area contributed by atoms with Gasteiger partial charge in [0.25, 0.3) is 0 Å². The third kappa shape index (κ3) is 2.74. The molecule has 0 fully saturated rings. The molecule has 0 aliphatic heterocycles. The molecule has 1 N–H and O–H groups in total. The summed E-state index contributed by atoms with van der Waals surface area (Å²) in [7, 11) is 0. The summed E-state index contributed by atoms with van der Waals surface area (Å²) >= 11 is 0. The van der Waals surface area contributed by atoms with Crippen LogP contribution in [0.1, 0.15) is 24.1 Å². The molecule has 3 nitrogen and oxygen atoms in total. The lowest BCUT2D eigenvalue weighted by molar-refractivity contribution is -0.121. The first-order chi connectivity index (χ1) is 8.83. The first-order valence-corrected chi connectivity index (χ1v) is 6.06. The molecule has 18 heavy (non-hydrogen) atoms. The molecule has 1 amide bonds. The van der Waals surface area contributed by atoms with Gasteiger partial charge in [-0.3, -0.25) is 9.78 Å². The van der Waals surface area contributed by atoms with Crippen LogP contribution in [0.2, 0.25) is 0 Å². The fourth-order valence-electron chi connectivity index (χ4n) is 1.92. The Morgan fingerprint density at radius 1 is 1.17 bits per heavy atom. The molecule has 1 heterocycles. The van der Waals surface area contributed by atoms with E-state index in [-0.39, 0.29) is 11.8 Å². The van der Waals surface area contributed by atoms with Gasteiger partial charge in [-0.05, 0) is 24.6 Å². The van der Waals surface area contributed by atoms with Gasteiger partial charge in [0.15, 0.2) is 0 Å². The van der Waals surface area contributed by atoms with Crippen molar-refractivity contribution in [2.24, 2.45) is 0 Å². The van der Waals surface area contributed by atoms with Gasteiger partial charge in [-0.15, -0.1) is 0 Å². The fourth-order valence-corrected chi connectivity index (χ4v) is 1.92. The second-order valence-corrected chi connectivity index (χ2v) is 3.99. The molecule has 0 radical (unpaired) electrons. The molecule has 2 aromatic rings. The van der Waals surface area contributed by atoms with E-state index in [0.717, 1.165) is 11.3 Å². The van der Waals surface area contributed by atoms with E-state index < -0.39 is 0 Å². The Labute approximate surface area is 107 Å². The summed E-state index contributed by atoms with van der Waals surface area (Å²) < 4.78 is 0. The van der Waals surface area contributed by atoms with Gasteiger partial charge in [0, 0.05) is 12.7 Å². The van der Waals surface area contributed by atoms with E-state index >= 15 is 0 Å². The zero-order chi connectivity index (χ0) is 12.8. The fraction of sp³-hybridized carbons (Fsp3) is 0.200. The number of amides is 1. The summed E-state index contributed by atoms with van der Waals surface area (Å²) in [6.07, 6.45) is 1.71. The van der Waals surface area contributed by atoms with Crippen LogP contribution in [0, 0.1) is 0 Å². The van der Waals surface area contributed by atoms with Gasteiger partial charge in [-0.25, -0.2) is 0 Å². The molecular weight excluding hydrogens is 224 g/mol. The molecule has 1 unspecified atom stereocenters. The number of benzene rings is 1. The van der Waals surface area contributed by atoms with Crippen molar-refractivity contribution in [2.75, 3.05) is 6.54 Å². The lowest BCUT2D eigenvalue weighted by atomic mass is 9.94. The molecule has 2 rings (SSSR count). The number of pyridine rings is 1. The molecule has 0 saturated heterocycles. The van der Waals surface area contributed by atoms with Crippen molar-refractivity contribution in [1.82, 2.24) is 10.3 Å². The number of nitrogens with one attached hydrogen (secondary N) is 1. The number of carbonyl (C=O) groups is 1. The van der Waals surface area contributed by atoms with Gasteiger partial charge in [0.2, 0.25) is 5.91 Å². The summed E-state index contributed by atoms with van der Waals surface area (Å²) in [5.41, 5.74) is 1.73. The van der Waals surface area contributed by atoms with Gasteiger partial charge in [-0.1, -0.05) is 36.4 Å². The van der Waals surface area contributed by atoms with E-state index in [4.69, 9.17) is 0 Å². The predicted octanol–water partition coefficient (Wildman–Crippen LogP) is 2.35. The van der Waals surface area contributed by atoms with Gasteiger partial charge in [0.1, 0.15) is 5.92 Å². The van der Waals surface area contributed by atoms with Crippen molar-refractivity contribution in [3.63, 3.8) is 0 Å². The van der Waals surface area contributed by atoms with Crippen molar-refractivity contribution in [2.45, 2.75) is 12.8 Å². The average molecular weight is 240 g/mol. The Bertz CT molecular complexity index is 457. The topological polar surface area (TPSA) is 42.0 Å². The molecular formula is C15H16N2O. The third-order valence-corrected chi connectivity index (χ3v) is 2.73. The van der Waals surface area contributed by atoms with Crippen LogP contribution in [0.4, 0.5) is 0 Å². The molecule has 0 saturated carbocycles. The van der Waals surface area contributed by atoms with Crippen LogP contribution in [0.15, 0.2) is 54.7 Å².